The van der Waals surface area contributed by atoms with Crippen LogP contribution in [0.5, 0.6) is 0 Å². The summed E-state index contributed by atoms with van der Waals surface area (Å²) in [5.74, 6) is -0.983. The second-order valence-corrected chi connectivity index (χ2v) is 3.02. The number of aliphatic carboxylic acids is 1. The first kappa shape index (κ1) is 11.9. The molecule has 0 aromatic heterocycles. The number of carboxylic acid groups (broad SMARTS) is 1. The second kappa shape index (κ2) is 7.59. The maximum atomic E-state index is 10.7. The van der Waals surface area contributed by atoms with Gasteiger partial charge in [0.15, 0.2) is 0 Å². The number of carbonyl (C=O) groups is 1. The molecule has 13 heavy (non-hydrogen) atoms. The Morgan fingerprint density at radius 2 is 2.23 bits per heavy atom. The highest BCUT2D eigenvalue weighted by atomic mass is 16.4. The first-order valence-electron chi connectivity index (χ1n) is 4.71. The van der Waals surface area contributed by atoms with E-state index in [4.69, 9.17) is 5.11 Å². The topological polar surface area (TPSA) is 37.3 Å². The molecule has 1 unspecified atom stereocenters. The molecule has 0 aromatic rings. The first-order chi connectivity index (χ1) is 6.22. The van der Waals surface area contributed by atoms with E-state index in [0.29, 0.717) is 12.8 Å². The smallest absolute Gasteiger partial charge is 0.306 e. The second-order valence-electron chi connectivity index (χ2n) is 3.02. The molecular formula is C11H18O2. The number of carboxylic acids is 1. The molecule has 2 heteroatoms. The highest BCUT2D eigenvalue weighted by Gasteiger charge is 2.13. The van der Waals surface area contributed by atoms with Crippen molar-refractivity contribution in [1.29, 1.82) is 0 Å². The van der Waals surface area contributed by atoms with E-state index in [1.807, 2.05) is 6.08 Å². The molecule has 74 valence electrons. The summed E-state index contributed by atoms with van der Waals surface area (Å²) in [5.41, 5.74) is 0. The summed E-state index contributed by atoms with van der Waals surface area (Å²) in [5, 5.41) is 8.79. The molecule has 0 saturated heterocycles. The minimum atomic E-state index is -0.718. The molecule has 1 N–H and O–H groups in total. The maximum Gasteiger partial charge on any atom is 0.306 e. The molecule has 0 aliphatic heterocycles. The average molecular weight is 182 g/mol. The van der Waals surface area contributed by atoms with Gasteiger partial charge in [0.25, 0.3) is 0 Å². The van der Waals surface area contributed by atoms with Crippen molar-refractivity contribution in [2.75, 3.05) is 0 Å². The van der Waals surface area contributed by atoms with E-state index in [0.717, 1.165) is 12.8 Å². The predicted octanol–water partition coefficient (Wildman–Crippen LogP) is 3.01. The highest BCUT2D eigenvalue weighted by Crippen LogP contribution is 2.12. The van der Waals surface area contributed by atoms with Crippen LogP contribution in [-0.2, 0) is 4.79 Å². The Morgan fingerprint density at radius 1 is 1.54 bits per heavy atom. The van der Waals surface area contributed by atoms with Crippen LogP contribution in [0, 0.1) is 5.92 Å². The lowest BCUT2D eigenvalue weighted by molar-refractivity contribution is -0.141. The SMILES string of the molecule is C=CCC(CCC=CCC)C(=O)O. The molecule has 0 heterocycles. The van der Waals surface area contributed by atoms with E-state index >= 15 is 0 Å². The van der Waals surface area contributed by atoms with Gasteiger partial charge < -0.3 is 5.11 Å². The van der Waals surface area contributed by atoms with Crippen molar-refractivity contribution < 1.29 is 9.90 Å². The van der Waals surface area contributed by atoms with Crippen molar-refractivity contribution in [2.24, 2.45) is 5.92 Å². The van der Waals surface area contributed by atoms with E-state index in [9.17, 15) is 4.79 Å². The average Bonchev–Trinajstić information content (AvgIpc) is 2.10. The Hall–Kier alpha value is -1.05. The van der Waals surface area contributed by atoms with Crippen molar-refractivity contribution in [3.05, 3.63) is 24.8 Å². The zero-order valence-corrected chi connectivity index (χ0v) is 8.20. The molecule has 0 aromatic carbocycles. The van der Waals surface area contributed by atoms with Crippen LogP contribution in [0.2, 0.25) is 0 Å². The third-order valence-electron chi connectivity index (χ3n) is 1.88. The van der Waals surface area contributed by atoms with Gasteiger partial charge in [0.05, 0.1) is 5.92 Å². The van der Waals surface area contributed by atoms with Gasteiger partial charge in [-0.15, -0.1) is 6.58 Å². The molecule has 1 atom stereocenters. The van der Waals surface area contributed by atoms with Crippen molar-refractivity contribution in [2.45, 2.75) is 32.6 Å². The first-order valence-corrected chi connectivity index (χ1v) is 4.71. The van der Waals surface area contributed by atoms with E-state index in [2.05, 4.69) is 19.6 Å². The van der Waals surface area contributed by atoms with Gasteiger partial charge in [-0.25, -0.2) is 0 Å². The summed E-state index contributed by atoms with van der Waals surface area (Å²) in [7, 11) is 0. The zero-order chi connectivity index (χ0) is 10.1. The molecule has 0 bridgehead atoms. The Balaban J connectivity index is 3.75. The Morgan fingerprint density at radius 3 is 2.69 bits per heavy atom. The normalized spacial score (nSPS) is 13.0. The van der Waals surface area contributed by atoms with Gasteiger partial charge in [0, 0.05) is 0 Å². The van der Waals surface area contributed by atoms with Crippen molar-refractivity contribution >= 4 is 5.97 Å². The lowest BCUT2D eigenvalue weighted by Gasteiger charge is -2.06. The summed E-state index contributed by atoms with van der Waals surface area (Å²) in [4.78, 5) is 10.7. The van der Waals surface area contributed by atoms with Gasteiger partial charge in [-0.05, 0) is 25.7 Å². The van der Waals surface area contributed by atoms with Crippen molar-refractivity contribution in [1.82, 2.24) is 0 Å². The summed E-state index contributed by atoms with van der Waals surface area (Å²) in [6.45, 7) is 5.61. The number of allylic oxidation sites excluding steroid dienone is 3. The highest BCUT2D eigenvalue weighted by molar-refractivity contribution is 5.70. The van der Waals surface area contributed by atoms with Crippen molar-refractivity contribution in [3.63, 3.8) is 0 Å². The van der Waals surface area contributed by atoms with Crippen LogP contribution in [0.4, 0.5) is 0 Å². The van der Waals surface area contributed by atoms with Gasteiger partial charge in [0.2, 0.25) is 0 Å². The molecule has 0 radical (unpaired) electrons. The van der Waals surface area contributed by atoms with Crippen LogP contribution in [-0.4, -0.2) is 11.1 Å². The molecule has 0 aliphatic carbocycles. The van der Waals surface area contributed by atoms with E-state index in [1.165, 1.54) is 0 Å². The fourth-order valence-corrected chi connectivity index (χ4v) is 1.13. The van der Waals surface area contributed by atoms with Gasteiger partial charge in [0.1, 0.15) is 0 Å². The van der Waals surface area contributed by atoms with E-state index < -0.39 is 5.97 Å². The summed E-state index contributed by atoms with van der Waals surface area (Å²) in [6.07, 6.45) is 8.90. The monoisotopic (exact) mass is 182 g/mol. The Labute approximate surface area is 80.0 Å². The Kier molecular flexibility index (Phi) is 6.98. The third kappa shape index (κ3) is 6.14. The number of hydrogen-bond donors (Lipinski definition) is 1. The fraction of sp³-hybridized carbons (Fsp3) is 0.545. The van der Waals surface area contributed by atoms with Gasteiger partial charge in [-0.1, -0.05) is 25.2 Å². The van der Waals surface area contributed by atoms with Crippen LogP contribution >= 0.6 is 0 Å². The lowest BCUT2D eigenvalue weighted by Crippen LogP contribution is -2.12. The number of hydrogen-bond acceptors (Lipinski definition) is 1. The van der Waals surface area contributed by atoms with Crippen LogP contribution in [0.25, 0.3) is 0 Å². The molecule has 0 spiro atoms. The zero-order valence-electron chi connectivity index (χ0n) is 8.20. The number of rotatable bonds is 7. The lowest BCUT2D eigenvalue weighted by atomic mass is 9.99. The molecular weight excluding hydrogens is 164 g/mol. The summed E-state index contributed by atoms with van der Waals surface area (Å²) < 4.78 is 0. The molecule has 2 nitrogen and oxygen atoms in total. The van der Waals surface area contributed by atoms with Gasteiger partial charge in [-0.3, -0.25) is 4.79 Å². The van der Waals surface area contributed by atoms with Crippen LogP contribution in [0.15, 0.2) is 24.8 Å². The summed E-state index contributed by atoms with van der Waals surface area (Å²) in [6, 6.07) is 0. The van der Waals surface area contributed by atoms with E-state index in [-0.39, 0.29) is 5.92 Å². The molecule has 0 rings (SSSR count). The summed E-state index contributed by atoms with van der Waals surface area (Å²) >= 11 is 0. The molecule has 0 fully saturated rings. The van der Waals surface area contributed by atoms with Crippen molar-refractivity contribution in [3.8, 4) is 0 Å². The predicted molar refractivity (Wildman–Crippen MR) is 54.6 cm³/mol. The molecule has 0 aliphatic rings. The quantitative estimate of drug-likeness (QED) is 0.614. The van der Waals surface area contributed by atoms with Crippen LogP contribution in [0.1, 0.15) is 32.6 Å². The van der Waals surface area contributed by atoms with E-state index in [1.54, 1.807) is 6.08 Å². The maximum absolute atomic E-state index is 10.7. The minimum absolute atomic E-state index is 0.265. The third-order valence-corrected chi connectivity index (χ3v) is 1.88. The largest absolute Gasteiger partial charge is 0.481 e. The Bertz CT molecular complexity index is 183. The minimum Gasteiger partial charge on any atom is -0.481 e. The van der Waals surface area contributed by atoms with Gasteiger partial charge in [-0.2, -0.15) is 0 Å². The van der Waals surface area contributed by atoms with Gasteiger partial charge >= 0.3 is 5.97 Å². The molecule has 0 saturated carbocycles. The van der Waals surface area contributed by atoms with Crippen LogP contribution < -0.4 is 0 Å². The van der Waals surface area contributed by atoms with Crippen LogP contribution in [0.3, 0.4) is 0 Å². The fourth-order valence-electron chi connectivity index (χ4n) is 1.13. The standard InChI is InChI=1S/C11H18O2/c1-3-5-6-7-9-10(8-4-2)11(12)13/h4-6,10H,2-3,7-9H2,1H3,(H,12,13). The molecule has 0 amide bonds.